The van der Waals surface area contributed by atoms with E-state index in [1.165, 1.54) is 18.2 Å². The Morgan fingerprint density at radius 3 is 2.30 bits per heavy atom. The molecule has 0 aliphatic heterocycles. The minimum Gasteiger partial charge on any atom is -0.451 e. The van der Waals surface area contributed by atoms with Gasteiger partial charge in [-0.15, -0.1) is 0 Å². The third-order valence-corrected chi connectivity index (χ3v) is 3.88. The number of aryl methyl sites for hydroxylation is 1. The van der Waals surface area contributed by atoms with Crippen LogP contribution in [0.5, 0.6) is 0 Å². The monoisotopic (exact) mass is 331 g/mol. The number of carbonyl (C=O) groups excluding carboxylic acids is 2. The molecule has 120 valence electrons. The van der Waals surface area contributed by atoms with Gasteiger partial charge in [0.2, 0.25) is 5.78 Å². The minimum absolute atomic E-state index is 0.247. The number of nitrogen functional groups attached to an aromatic ring is 1. The Kier molecular flexibility index (Phi) is 5.40. The first-order chi connectivity index (χ1) is 10.9. The molecule has 0 unspecified atom stereocenters. The molecule has 0 aromatic heterocycles. The van der Waals surface area contributed by atoms with Crippen LogP contribution < -0.4 is 5.73 Å². The fraction of sp³-hybridized carbons (Fsp3) is 0.222. The van der Waals surface area contributed by atoms with E-state index in [-0.39, 0.29) is 17.0 Å². The summed E-state index contributed by atoms with van der Waals surface area (Å²) in [6.45, 7) is 3.59. The number of hydrogen-bond donors (Lipinski definition) is 1. The van der Waals surface area contributed by atoms with Crippen LogP contribution in [-0.2, 0) is 11.2 Å². The maximum Gasteiger partial charge on any atom is 0.338 e. The van der Waals surface area contributed by atoms with E-state index in [4.69, 9.17) is 22.1 Å². The molecule has 0 saturated heterocycles. The zero-order valence-electron chi connectivity index (χ0n) is 13.0. The van der Waals surface area contributed by atoms with E-state index in [0.29, 0.717) is 10.6 Å². The number of halogens is 1. The van der Waals surface area contributed by atoms with Crippen molar-refractivity contribution in [3.05, 3.63) is 64.2 Å². The van der Waals surface area contributed by atoms with Gasteiger partial charge >= 0.3 is 5.97 Å². The average Bonchev–Trinajstić information content (AvgIpc) is 2.56. The van der Waals surface area contributed by atoms with Gasteiger partial charge in [0.15, 0.2) is 6.10 Å². The van der Waals surface area contributed by atoms with Crippen molar-refractivity contribution in [2.75, 3.05) is 5.73 Å². The van der Waals surface area contributed by atoms with E-state index in [2.05, 4.69) is 0 Å². The smallest absolute Gasteiger partial charge is 0.338 e. The number of nitrogens with two attached hydrogens (primary N) is 1. The molecule has 23 heavy (non-hydrogen) atoms. The first-order valence-corrected chi connectivity index (χ1v) is 7.69. The Balaban J connectivity index is 2.07. The molecule has 0 amide bonds. The summed E-state index contributed by atoms with van der Waals surface area (Å²) >= 11 is 5.82. The molecule has 2 rings (SSSR count). The fourth-order valence-corrected chi connectivity index (χ4v) is 2.21. The van der Waals surface area contributed by atoms with E-state index in [0.717, 1.165) is 12.0 Å². The van der Waals surface area contributed by atoms with Gasteiger partial charge in [0.1, 0.15) is 0 Å². The highest BCUT2D eigenvalue weighted by atomic mass is 35.5. The van der Waals surface area contributed by atoms with Crippen molar-refractivity contribution in [2.24, 2.45) is 0 Å². The number of esters is 1. The Morgan fingerprint density at radius 1 is 1.13 bits per heavy atom. The van der Waals surface area contributed by atoms with Gasteiger partial charge in [-0.25, -0.2) is 4.79 Å². The van der Waals surface area contributed by atoms with Gasteiger partial charge < -0.3 is 10.5 Å². The molecule has 2 aromatic carbocycles. The lowest BCUT2D eigenvalue weighted by Gasteiger charge is -2.13. The quantitative estimate of drug-likeness (QED) is 0.512. The number of anilines is 1. The van der Waals surface area contributed by atoms with Crippen molar-refractivity contribution < 1.29 is 14.3 Å². The predicted octanol–water partition coefficient (Wildman–Crippen LogP) is 3.91. The van der Waals surface area contributed by atoms with E-state index in [1.807, 2.05) is 19.1 Å². The van der Waals surface area contributed by atoms with E-state index < -0.39 is 12.1 Å². The van der Waals surface area contributed by atoms with Gasteiger partial charge in [-0.1, -0.05) is 42.8 Å². The summed E-state index contributed by atoms with van der Waals surface area (Å²) in [4.78, 5) is 24.4. The summed E-state index contributed by atoms with van der Waals surface area (Å²) in [5.41, 5.74) is 7.86. The molecule has 0 aliphatic rings. The van der Waals surface area contributed by atoms with Crippen molar-refractivity contribution in [1.82, 2.24) is 0 Å². The molecule has 0 fully saturated rings. The van der Waals surface area contributed by atoms with Gasteiger partial charge in [0, 0.05) is 5.56 Å². The van der Waals surface area contributed by atoms with Crippen LogP contribution in [0.2, 0.25) is 5.02 Å². The normalized spacial score (nSPS) is 11.8. The minimum atomic E-state index is -0.883. The SMILES string of the molecule is CCc1ccc(C(=O)[C@@H](C)OC(=O)c2ccc(Cl)c(N)c2)cc1. The lowest BCUT2D eigenvalue weighted by molar-refractivity contribution is 0.0319. The van der Waals surface area contributed by atoms with Crippen molar-refractivity contribution in [1.29, 1.82) is 0 Å². The lowest BCUT2D eigenvalue weighted by Crippen LogP contribution is -2.24. The van der Waals surface area contributed by atoms with Crippen LogP contribution in [0, 0.1) is 0 Å². The number of ether oxygens (including phenoxy) is 1. The van der Waals surface area contributed by atoms with Crippen molar-refractivity contribution >= 4 is 29.0 Å². The number of Topliss-reactive ketones (excluding diaryl/α,β-unsaturated/α-hetero) is 1. The molecule has 4 nitrogen and oxygen atoms in total. The molecule has 0 saturated carbocycles. The van der Waals surface area contributed by atoms with Crippen LogP contribution in [0.15, 0.2) is 42.5 Å². The summed E-state index contributed by atoms with van der Waals surface area (Å²) in [6, 6.07) is 11.7. The Morgan fingerprint density at radius 2 is 1.74 bits per heavy atom. The second-order valence-electron chi connectivity index (χ2n) is 5.20. The first kappa shape index (κ1) is 17.0. The highest BCUT2D eigenvalue weighted by Crippen LogP contribution is 2.20. The summed E-state index contributed by atoms with van der Waals surface area (Å²) in [7, 11) is 0. The Labute approximate surface area is 140 Å². The molecule has 1 atom stereocenters. The standard InChI is InChI=1S/C18H18ClNO3/c1-3-12-4-6-13(7-5-12)17(21)11(2)23-18(22)14-8-9-15(19)16(20)10-14/h4-11H,3,20H2,1-2H3/t11-/m1/s1. The summed E-state index contributed by atoms with van der Waals surface area (Å²) in [6.07, 6.45) is 0.0173. The van der Waals surface area contributed by atoms with Crippen molar-refractivity contribution in [3.63, 3.8) is 0 Å². The van der Waals surface area contributed by atoms with Crippen LogP contribution in [-0.4, -0.2) is 17.9 Å². The molecule has 2 N–H and O–H groups in total. The molecule has 0 radical (unpaired) electrons. The van der Waals surface area contributed by atoms with Crippen LogP contribution in [0.25, 0.3) is 0 Å². The highest BCUT2D eigenvalue weighted by Gasteiger charge is 2.20. The Hall–Kier alpha value is -2.33. The number of benzene rings is 2. The number of ketones is 1. The second-order valence-corrected chi connectivity index (χ2v) is 5.61. The largest absolute Gasteiger partial charge is 0.451 e. The van der Waals surface area contributed by atoms with Crippen LogP contribution in [0.3, 0.4) is 0 Å². The van der Waals surface area contributed by atoms with Crippen molar-refractivity contribution in [3.8, 4) is 0 Å². The van der Waals surface area contributed by atoms with Gasteiger partial charge in [0.25, 0.3) is 0 Å². The maximum absolute atomic E-state index is 12.3. The molecule has 0 bridgehead atoms. The molecular weight excluding hydrogens is 314 g/mol. The zero-order chi connectivity index (χ0) is 17.0. The lowest BCUT2D eigenvalue weighted by atomic mass is 10.0. The van der Waals surface area contributed by atoms with Gasteiger partial charge in [-0.3, -0.25) is 4.79 Å². The first-order valence-electron chi connectivity index (χ1n) is 7.31. The third-order valence-electron chi connectivity index (χ3n) is 3.53. The highest BCUT2D eigenvalue weighted by molar-refractivity contribution is 6.33. The van der Waals surface area contributed by atoms with Crippen LogP contribution in [0.4, 0.5) is 5.69 Å². The molecule has 0 spiro atoms. The summed E-state index contributed by atoms with van der Waals surface area (Å²) in [5, 5.41) is 0.363. The molecule has 2 aromatic rings. The zero-order valence-corrected chi connectivity index (χ0v) is 13.8. The number of carbonyl (C=O) groups is 2. The van der Waals surface area contributed by atoms with Crippen LogP contribution >= 0.6 is 11.6 Å². The summed E-state index contributed by atoms with van der Waals surface area (Å²) < 4.78 is 5.22. The maximum atomic E-state index is 12.3. The molecule has 0 heterocycles. The topological polar surface area (TPSA) is 69.4 Å². The predicted molar refractivity (Wildman–Crippen MR) is 90.9 cm³/mol. The van der Waals surface area contributed by atoms with Crippen LogP contribution in [0.1, 0.15) is 40.1 Å². The molecule has 0 aliphatic carbocycles. The van der Waals surface area contributed by atoms with E-state index in [9.17, 15) is 9.59 Å². The van der Waals surface area contributed by atoms with Gasteiger partial charge in [-0.2, -0.15) is 0 Å². The van der Waals surface area contributed by atoms with Gasteiger partial charge in [-0.05, 0) is 37.1 Å². The second kappa shape index (κ2) is 7.29. The molecular formula is C18H18ClNO3. The van der Waals surface area contributed by atoms with Gasteiger partial charge in [0.05, 0.1) is 16.3 Å². The number of hydrogen-bond acceptors (Lipinski definition) is 4. The average molecular weight is 332 g/mol. The van der Waals surface area contributed by atoms with Crippen molar-refractivity contribution in [2.45, 2.75) is 26.4 Å². The Bertz CT molecular complexity index is 726. The van der Waals surface area contributed by atoms with E-state index >= 15 is 0 Å². The number of rotatable bonds is 5. The molecule has 5 heteroatoms. The third kappa shape index (κ3) is 4.11. The fourth-order valence-electron chi connectivity index (χ4n) is 2.09. The summed E-state index contributed by atoms with van der Waals surface area (Å²) in [5.74, 6) is -0.859. The van der Waals surface area contributed by atoms with E-state index in [1.54, 1.807) is 19.1 Å².